The summed E-state index contributed by atoms with van der Waals surface area (Å²) >= 11 is 0. The van der Waals surface area contributed by atoms with E-state index in [1.165, 1.54) is 25.1 Å². The van der Waals surface area contributed by atoms with Crippen molar-refractivity contribution in [3.63, 3.8) is 0 Å². The number of anilines is 1. The van der Waals surface area contributed by atoms with Gasteiger partial charge in [-0.05, 0) is 62.3 Å². The molecule has 22 heavy (non-hydrogen) atoms. The summed E-state index contributed by atoms with van der Waals surface area (Å²) in [7, 11) is 0. The summed E-state index contributed by atoms with van der Waals surface area (Å²) < 4.78 is 12.9. The Kier molecular flexibility index (Phi) is 4.63. The smallest absolute Gasteiger partial charge is 0.148 e. The van der Waals surface area contributed by atoms with Gasteiger partial charge in [0.2, 0.25) is 0 Å². The van der Waals surface area contributed by atoms with E-state index in [1.807, 2.05) is 12.1 Å². The van der Waals surface area contributed by atoms with Crippen LogP contribution in [0.2, 0.25) is 0 Å². The number of likely N-dealkylation sites (N-methyl/N-ethyl adjacent to an activating group) is 1. The molecule has 1 aliphatic rings. The number of halogens is 1. The molecule has 0 saturated carbocycles. The zero-order valence-corrected chi connectivity index (χ0v) is 12.8. The fraction of sp³-hybridized carbons (Fsp3) is 0.412. The molecule has 116 valence electrons. The zero-order chi connectivity index (χ0) is 15.4. The van der Waals surface area contributed by atoms with E-state index < -0.39 is 0 Å². The maximum absolute atomic E-state index is 12.9. The van der Waals surface area contributed by atoms with E-state index in [0.29, 0.717) is 6.04 Å². The van der Waals surface area contributed by atoms with Crippen LogP contribution < -0.4 is 5.32 Å². The Morgan fingerprint density at radius 2 is 2.00 bits per heavy atom. The van der Waals surface area contributed by atoms with Crippen molar-refractivity contribution in [3.8, 4) is 11.3 Å². The molecule has 0 unspecified atom stereocenters. The van der Waals surface area contributed by atoms with Crippen molar-refractivity contribution < 1.29 is 4.39 Å². The summed E-state index contributed by atoms with van der Waals surface area (Å²) in [5, 5.41) is 11.9. The normalized spacial score (nSPS) is 19.1. The highest BCUT2D eigenvalue weighted by atomic mass is 19.1. The monoisotopic (exact) mass is 300 g/mol. The van der Waals surface area contributed by atoms with E-state index in [-0.39, 0.29) is 5.82 Å². The van der Waals surface area contributed by atoms with Gasteiger partial charge in [0.1, 0.15) is 11.6 Å². The van der Waals surface area contributed by atoms with Crippen LogP contribution in [0.3, 0.4) is 0 Å². The lowest BCUT2D eigenvalue weighted by Gasteiger charge is -2.32. The van der Waals surface area contributed by atoms with Crippen LogP contribution in [0.5, 0.6) is 0 Å². The predicted molar refractivity (Wildman–Crippen MR) is 86.2 cm³/mol. The summed E-state index contributed by atoms with van der Waals surface area (Å²) in [6, 6.07) is 10.6. The van der Waals surface area contributed by atoms with Gasteiger partial charge >= 0.3 is 0 Å². The second-order valence-electron chi connectivity index (χ2n) is 5.69. The van der Waals surface area contributed by atoms with Crippen LogP contribution in [0.15, 0.2) is 36.4 Å². The third-order valence-corrected chi connectivity index (χ3v) is 4.11. The molecule has 4 nitrogen and oxygen atoms in total. The largest absolute Gasteiger partial charge is 0.365 e. The molecule has 3 rings (SSSR count). The number of aromatic nitrogens is 2. The molecule has 1 atom stereocenters. The van der Waals surface area contributed by atoms with Crippen molar-refractivity contribution in [2.45, 2.75) is 25.8 Å². The number of piperidine rings is 1. The number of benzene rings is 1. The summed E-state index contributed by atoms with van der Waals surface area (Å²) in [5.74, 6) is 0.557. The van der Waals surface area contributed by atoms with Gasteiger partial charge in [-0.25, -0.2) is 4.39 Å². The van der Waals surface area contributed by atoms with E-state index in [2.05, 4.69) is 27.3 Å². The molecule has 2 heterocycles. The first kappa shape index (κ1) is 14.9. The van der Waals surface area contributed by atoms with Crippen molar-refractivity contribution in [2.24, 2.45) is 0 Å². The number of nitrogens with zero attached hydrogens (tertiary/aromatic N) is 3. The highest BCUT2D eigenvalue weighted by molar-refractivity contribution is 5.59. The third-order valence-electron chi connectivity index (χ3n) is 4.11. The lowest BCUT2D eigenvalue weighted by Crippen LogP contribution is -2.42. The minimum Gasteiger partial charge on any atom is -0.365 e. The highest BCUT2D eigenvalue weighted by Crippen LogP contribution is 2.19. The number of hydrogen-bond donors (Lipinski definition) is 1. The molecule has 1 aromatic carbocycles. The first-order valence-corrected chi connectivity index (χ1v) is 7.83. The fourth-order valence-corrected chi connectivity index (χ4v) is 2.85. The molecule has 0 spiro atoms. The van der Waals surface area contributed by atoms with Crippen LogP contribution in [0.25, 0.3) is 11.3 Å². The second-order valence-corrected chi connectivity index (χ2v) is 5.69. The molecule has 1 fully saturated rings. The number of hydrogen-bond acceptors (Lipinski definition) is 4. The predicted octanol–water partition coefficient (Wildman–Crippen LogP) is 3.18. The standard InChI is InChI=1S/C17H21FN4/c1-2-22-11-3-4-15(12-22)19-17-10-9-16(20-21-17)13-5-7-14(18)8-6-13/h5-10,15H,2-4,11-12H2,1H3,(H,19,21)/t15-/m1/s1. The van der Waals surface area contributed by atoms with Gasteiger partial charge in [-0.15, -0.1) is 10.2 Å². The minimum atomic E-state index is -0.243. The molecule has 0 bridgehead atoms. The third kappa shape index (κ3) is 3.60. The summed E-state index contributed by atoms with van der Waals surface area (Å²) in [4.78, 5) is 2.45. The van der Waals surface area contributed by atoms with E-state index in [0.717, 1.165) is 36.6 Å². The van der Waals surface area contributed by atoms with Crippen LogP contribution in [0.1, 0.15) is 19.8 Å². The molecule has 0 radical (unpaired) electrons. The van der Waals surface area contributed by atoms with Crippen molar-refractivity contribution in [1.29, 1.82) is 0 Å². The zero-order valence-electron chi connectivity index (χ0n) is 12.8. The number of rotatable bonds is 4. The van der Waals surface area contributed by atoms with Crippen molar-refractivity contribution >= 4 is 5.82 Å². The Labute approximate surface area is 130 Å². The van der Waals surface area contributed by atoms with Gasteiger partial charge in [-0.2, -0.15) is 0 Å². The van der Waals surface area contributed by atoms with Gasteiger partial charge in [0.25, 0.3) is 0 Å². The van der Waals surface area contributed by atoms with Crippen LogP contribution in [0.4, 0.5) is 10.2 Å². The lowest BCUT2D eigenvalue weighted by molar-refractivity contribution is 0.226. The van der Waals surface area contributed by atoms with Crippen LogP contribution >= 0.6 is 0 Å². The summed E-state index contributed by atoms with van der Waals surface area (Å²) in [6.07, 6.45) is 2.38. The molecule has 2 aromatic rings. The maximum Gasteiger partial charge on any atom is 0.148 e. The molecule has 1 aliphatic heterocycles. The van der Waals surface area contributed by atoms with Gasteiger partial charge < -0.3 is 10.2 Å². The van der Waals surface area contributed by atoms with Gasteiger partial charge in [0.15, 0.2) is 0 Å². The molecule has 1 N–H and O–H groups in total. The first-order valence-electron chi connectivity index (χ1n) is 7.83. The summed E-state index contributed by atoms with van der Waals surface area (Å²) in [5.41, 5.74) is 1.62. The Morgan fingerprint density at radius 3 is 2.68 bits per heavy atom. The average Bonchev–Trinajstić information content (AvgIpc) is 2.57. The number of nitrogens with one attached hydrogen (secondary N) is 1. The van der Waals surface area contributed by atoms with Crippen molar-refractivity contribution in [3.05, 3.63) is 42.2 Å². The molecular formula is C17H21FN4. The Hall–Kier alpha value is -2.01. The Bertz CT molecular complexity index is 597. The van der Waals surface area contributed by atoms with Crippen molar-refractivity contribution in [1.82, 2.24) is 15.1 Å². The van der Waals surface area contributed by atoms with E-state index in [4.69, 9.17) is 0 Å². The van der Waals surface area contributed by atoms with Gasteiger partial charge in [0, 0.05) is 18.2 Å². The SMILES string of the molecule is CCN1CCC[C@@H](Nc2ccc(-c3ccc(F)cc3)nn2)C1. The number of likely N-dealkylation sites (tertiary alicyclic amines) is 1. The quantitative estimate of drug-likeness (QED) is 0.941. The second kappa shape index (κ2) is 6.83. The molecule has 0 amide bonds. The van der Waals surface area contributed by atoms with E-state index in [9.17, 15) is 4.39 Å². The van der Waals surface area contributed by atoms with Crippen LogP contribution in [-0.4, -0.2) is 40.8 Å². The van der Waals surface area contributed by atoms with Gasteiger partial charge in [-0.3, -0.25) is 0 Å². The average molecular weight is 300 g/mol. The van der Waals surface area contributed by atoms with Gasteiger partial charge in [0.05, 0.1) is 5.69 Å². The minimum absolute atomic E-state index is 0.243. The Balaban J connectivity index is 1.65. The first-order chi connectivity index (χ1) is 10.7. The molecular weight excluding hydrogens is 279 g/mol. The van der Waals surface area contributed by atoms with Gasteiger partial charge in [-0.1, -0.05) is 6.92 Å². The van der Waals surface area contributed by atoms with E-state index in [1.54, 1.807) is 12.1 Å². The van der Waals surface area contributed by atoms with Crippen LogP contribution in [-0.2, 0) is 0 Å². The lowest BCUT2D eigenvalue weighted by atomic mass is 10.1. The molecule has 0 aliphatic carbocycles. The van der Waals surface area contributed by atoms with Crippen LogP contribution in [0, 0.1) is 5.82 Å². The van der Waals surface area contributed by atoms with E-state index >= 15 is 0 Å². The van der Waals surface area contributed by atoms with Crippen molar-refractivity contribution in [2.75, 3.05) is 25.0 Å². The molecule has 1 saturated heterocycles. The topological polar surface area (TPSA) is 41.0 Å². The highest BCUT2D eigenvalue weighted by Gasteiger charge is 2.18. The molecule has 1 aromatic heterocycles. The molecule has 5 heteroatoms. The maximum atomic E-state index is 12.9. The Morgan fingerprint density at radius 1 is 1.18 bits per heavy atom. The fourth-order valence-electron chi connectivity index (χ4n) is 2.85. The summed E-state index contributed by atoms with van der Waals surface area (Å²) in [6.45, 7) is 5.52.